The first-order chi connectivity index (χ1) is 10.3. The summed E-state index contributed by atoms with van der Waals surface area (Å²) < 4.78 is 2.55. The van der Waals surface area contributed by atoms with Crippen molar-refractivity contribution in [2.45, 2.75) is 45.2 Å². The van der Waals surface area contributed by atoms with Gasteiger partial charge >= 0.3 is 0 Å². The molecule has 0 amide bonds. The van der Waals surface area contributed by atoms with Gasteiger partial charge in [-0.25, -0.2) is 0 Å². The fourth-order valence-corrected chi connectivity index (χ4v) is 4.25. The normalized spacial score (nSPS) is 21.2. The van der Waals surface area contributed by atoms with Crippen molar-refractivity contribution in [1.29, 1.82) is 5.26 Å². The molecule has 1 aliphatic carbocycles. The highest BCUT2D eigenvalue weighted by molar-refractivity contribution is 5.87. The third-order valence-electron chi connectivity index (χ3n) is 5.15. The maximum Gasteiger partial charge on any atom is 0.0635 e. The quantitative estimate of drug-likeness (QED) is 0.842. The van der Waals surface area contributed by atoms with Gasteiger partial charge < -0.3 is 4.57 Å². The molecule has 3 nitrogen and oxygen atoms in total. The first-order valence-corrected chi connectivity index (χ1v) is 8.02. The Morgan fingerprint density at radius 1 is 1.33 bits per heavy atom. The first kappa shape index (κ1) is 12.9. The lowest BCUT2D eigenvalue weighted by Crippen LogP contribution is -2.40. The highest BCUT2D eigenvalue weighted by Gasteiger charge is 2.34. The molecule has 108 valence electrons. The number of hydrogen-bond donors (Lipinski definition) is 0. The molecule has 0 saturated carbocycles. The molecule has 0 saturated heterocycles. The Hall–Kier alpha value is -1.79. The molecule has 1 aromatic heterocycles. The van der Waals surface area contributed by atoms with Gasteiger partial charge in [0.05, 0.1) is 12.1 Å². The zero-order valence-electron chi connectivity index (χ0n) is 12.6. The van der Waals surface area contributed by atoms with Gasteiger partial charge in [0.25, 0.3) is 0 Å². The molecule has 0 bridgehead atoms. The fraction of sp³-hybridized carbons (Fsp3) is 0.500. The van der Waals surface area contributed by atoms with Crippen molar-refractivity contribution < 1.29 is 0 Å². The van der Waals surface area contributed by atoms with Crippen LogP contribution < -0.4 is 0 Å². The summed E-state index contributed by atoms with van der Waals surface area (Å²) in [6.45, 7) is 5.25. The van der Waals surface area contributed by atoms with Crippen molar-refractivity contribution in [2.24, 2.45) is 0 Å². The molecule has 0 N–H and O–H groups in total. The maximum absolute atomic E-state index is 8.88. The van der Waals surface area contributed by atoms with Gasteiger partial charge in [-0.2, -0.15) is 5.26 Å². The summed E-state index contributed by atoms with van der Waals surface area (Å²) in [6, 6.07) is 9.72. The van der Waals surface area contributed by atoms with Crippen LogP contribution in [0.1, 0.15) is 42.1 Å². The topological polar surface area (TPSA) is 32.0 Å². The van der Waals surface area contributed by atoms with Gasteiger partial charge in [-0.3, -0.25) is 4.90 Å². The van der Waals surface area contributed by atoms with Gasteiger partial charge in [0.2, 0.25) is 0 Å². The van der Waals surface area contributed by atoms with Crippen LogP contribution in [-0.2, 0) is 13.0 Å². The smallest absolute Gasteiger partial charge is 0.0635 e. The van der Waals surface area contributed by atoms with Crippen LogP contribution >= 0.6 is 0 Å². The zero-order valence-corrected chi connectivity index (χ0v) is 12.6. The number of nitriles is 1. The molecule has 2 aliphatic rings. The fourth-order valence-electron chi connectivity index (χ4n) is 4.25. The number of aromatic nitrogens is 1. The van der Waals surface area contributed by atoms with Crippen LogP contribution in [0.5, 0.6) is 0 Å². The van der Waals surface area contributed by atoms with E-state index in [9.17, 15) is 0 Å². The highest BCUT2D eigenvalue weighted by atomic mass is 15.2. The summed E-state index contributed by atoms with van der Waals surface area (Å²) in [4.78, 5) is 2.53. The van der Waals surface area contributed by atoms with Gasteiger partial charge in [-0.05, 0) is 43.9 Å². The van der Waals surface area contributed by atoms with E-state index in [1.54, 1.807) is 11.3 Å². The number of aryl methyl sites for hydroxylation is 2. The van der Waals surface area contributed by atoms with Crippen LogP contribution in [0.25, 0.3) is 10.9 Å². The Balaban J connectivity index is 1.86. The van der Waals surface area contributed by atoms with Gasteiger partial charge in [0, 0.05) is 42.7 Å². The van der Waals surface area contributed by atoms with Crippen molar-refractivity contribution in [3.05, 3.63) is 35.0 Å². The molecule has 4 rings (SSSR count). The van der Waals surface area contributed by atoms with Crippen LogP contribution in [0.4, 0.5) is 0 Å². The number of nitrogens with zero attached hydrogens (tertiary/aromatic N) is 3. The predicted molar refractivity (Wildman–Crippen MR) is 84.2 cm³/mol. The van der Waals surface area contributed by atoms with E-state index in [1.807, 2.05) is 0 Å². The molecule has 0 unspecified atom stereocenters. The molecular formula is C18H21N3. The number of benzene rings is 1. The summed E-state index contributed by atoms with van der Waals surface area (Å²) in [7, 11) is 0. The van der Waals surface area contributed by atoms with Gasteiger partial charge in [0.15, 0.2) is 0 Å². The minimum atomic E-state index is 0.531. The van der Waals surface area contributed by atoms with Gasteiger partial charge in [0.1, 0.15) is 0 Å². The molecule has 0 spiro atoms. The van der Waals surface area contributed by atoms with E-state index in [1.165, 1.54) is 35.7 Å². The average Bonchev–Trinajstić information content (AvgIpc) is 2.82. The summed E-state index contributed by atoms with van der Waals surface area (Å²) >= 11 is 0. The van der Waals surface area contributed by atoms with Crippen molar-refractivity contribution in [3.63, 3.8) is 0 Å². The molecule has 2 aromatic rings. The predicted octanol–water partition coefficient (Wildman–Crippen LogP) is 3.56. The van der Waals surface area contributed by atoms with Crippen LogP contribution in [0.3, 0.4) is 0 Å². The molecule has 1 aliphatic heterocycles. The standard InChI is InChI=1S/C18H21N3/c1-13-6-7-16-15(12-13)14-4-2-5-17-18(14)21(16)11-10-20(17)9-3-8-19/h6-7,12,17H,2-5,9-11H2,1H3/t17-/m0/s1. The van der Waals surface area contributed by atoms with Crippen molar-refractivity contribution in [2.75, 3.05) is 13.1 Å². The van der Waals surface area contributed by atoms with Gasteiger partial charge in [-0.1, -0.05) is 11.6 Å². The second kappa shape index (κ2) is 4.89. The second-order valence-corrected chi connectivity index (χ2v) is 6.39. The first-order valence-electron chi connectivity index (χ1n) is 8.02. The Bertz CT molecular complexity index is 735. The second-order valence-electron chi connectivity index (χ2n) is 6.39. The van der Waals surface area contributed by atoms with E-state index in [-0.39, 0.29) is 0 Å². The average molecular weight is 279 g/mol. The molecule has 1 atom stereocenters. The summed E-state index contributed by atoms with van der Waals surface area (Å²) in [5.41, 5.74) is 5.89. The Morgan fingerprint density at radius 2 is 2.24 bits per heavy atom. The van der Waals surface area contributed by atoms with Gasteiger partial charge in [-0.15, -0.1) is 0 Å². The number of rotatable bonds is 2. The Morgan fingerprint density at radius 3 is 3.10 bits per heavy atom. The lowest BCUT2D eigenvalue weighted by molar-refractivity contribution is 0.144. The van der Waals surface area contributed by atoms with E-state index >= 15 is 0 Å². The van der Waals surface area contributed by atoms with E-state index in [2.05, 4.69) is 40.7 Å². The third-order valence-corrected chi connectivity index (χ3v) is 5.15. The SMILES string of the molecule is Cc1ccc2c(c1)c1c3n2CCN(CCC#N)[C@H]3CCC1. The minimum Gasteiger partial charge on any atom is -0.342 e. The number of fused-ring (bicyclic) bond motifs is 3. The highest BCUT2D eigenvalue weighted by Crippen LogP contribution is 2.42. The summed E-state index contributed by atoms with van der Waals surface area (Å²) in [5, 5.41) is 10.4. The van der Waals surface area contributed by atoms with E-state index in [0.29, 0.717) is 12.5 Å². The van der Waals surface area contributed by atoms with E-state index < -0.39 is 0 Å². The van der Waals surface area contributed by atoms with Crippen LogP contribution in [-0.4, -0.2) is 22.6 Å². The van der Waals surface area contributed by atoms with E-state index in [4.69, 9.17) is 5.26 Å². The monoisotopic (exact) mass is 279 g/mol. The lowest BCUT2D eigenvalue weighted by Gasteiger charge is -2.39. The molecule has 0 fully saturated rings. The van der Waals surface area contributed by atoms with Crippen LogP contribution in [0, 0.1) is 18.3 Å². The molecule has 21 heavy (non-hydrogen) atoms. The Kier molecular flexibility index (Phi) is 3.01. The largest absolute Gasteiger partial charge is 0.342 e. The molecule has 0 radical (unpaired) electrons. The molecule has 1 aromatic carbocycles. The van der Waals surface area contributed by atoms with Crippen molar-refractivity contribution in [1.82, 2.24) is 9.47 Å². The van der Waals surface area contributed by atoms with Crippen LogP contribution in [0.15, 0.2) is 18.2 Å². The molecule has 3 heteroatoms. The van der Waals surface area contributed by atoms with Crippen molar-refractivity contribution >= 4 is 10.9 Å². The third kappa shape index (κ3) is 1.90. The van der Waals surface area contributed by atoms with E-state index in [0.717, 1.165) is 19.6 Å². The minimum absolute atomic E-state index is 0.531. The molecule has 2 heterocycles. The Labute approximate surface area is 125 Å². The maximum atomic E-state index is 8.88. The zero-order chi connectivity index (χ0) is 14.4. The lowest BCUT2D eigenvalue weighted by atomic mass is 9.89. The summed E-state index contributed by atoms with van der Waals surface area (Å²) in [6.07, 6.45) is 4.37. The summed E-state index contributed by atoms with van der Waals surface area (Å²) in [5.74, 6) is 0. The van der Waals surface area contributed by atoms with Crippen LogP contribution in [0.2, 0.25) is 0 Å². The van der Waals surface area contributed by atoms with Crippen molar-refractivity contribution in [3.8, 4) is 6.07 Å². The molecular weight excluding hydrogens is 258 g/mol. The number of hydrogen-bond acceptors (Lipinski definition) is 2.